The number of anilines is 2. The molecule has 2 aromatic rings. The lowest BCUT2D eigenvalue weighted by molar-refractivity contribution is -0.122. The first-order valence-corrected chi connectivity index (χ1v) is 12.6. The second-order valence-electron chi connectivity index (χ2n) is 9.22. The molecule has 1 aliphatic carbocycles. The van der Waals surface area contributed by atoms with Crippen LogP contribution in [0.5, 0.6) is 0 Å². The van der Waals surface area contributed by atoms with Crippen LogP contribution in [0.1, 0.15) is 59.1 Å². The summed E-state index contributed by atoms with van der Waals surface area (Å²) in [4.78, 5) is 41.2. The molecule has 0 unspecified atom stereocenters. The van der Waals surface area contributed by atoms with Crippen LogP contribution in [-0.2, 0) is 27.2 Å². The Bertz CT molecular complexity index is 1080. The van der Waals surface area contributed by atoms with Crippen molar-refractivity contribution in [2.45, 2.75) is 59.9 Å². The largest absolute Gasteiger partial charge is 0.462 e. The Kier molecular flexibility index (Phi) is 8.49. The number of hydrogen-bond donors (Lipinski definition) is 2. The SMILES string of the molecule is CCOC(=O)c1c(NC(=O)[C@@H](C)N(C)CC(=O)Nc2cc(C)ccc2C)sc2c1CC[C@@H](C)C2. The highest BCUT2D eigenvalue weighted by Gasteiger charge is 2.30. The number of aryl methyl sites for hydroxylation is 2. The highest BCUT2D eigenvalue weighted by atomic mass is 32.1. The van der Waals surface area contributed by atoms with E-state index in [-0.39, 0.29) is 25.0 Å². The van der Waals surface area contributed by atoms with Crippen LogP contribution in [0.3, 0.4) is 0 Å². The van der Waals surface area contributed by atoms with Crippen LogP contribution >= 0.6 is 11.3 Å². The molecule has 184 valence electrons. The fourth-order valence-electron chi connectivity index (χ4n) is 4.10. The number of amides is 2. The predicted molar refractivity (Wildman–Crippen MR) is 137 cm³/mol. The zero-order valence-corrected chi connectivity index (χ0v) is 21.7. The summed E-state index contributed by atoms with van der Waals surface area (Å²) in [7, 11) is 1.74. The highest BCUT2D eigenvalue weighted by Crippen LogP contribution is 2.40. The number of hydrogen-bond acceptors (Lipinski definition) is 6. The molecule has 0 aliphatic heterocycles. The molecule has 7 nitrogen and oxygen atoms in total. The molecule has 0 saturated carbocycles. The maximum atomic E-state index is 13.1. The molecule has 0 radical (unpaired) electrons. The van der Waals surface area contributed by atoms with Crippen LogP contribution < -0.4 is 10.6 Å². The van der Waals surface area contributed by atoms with Crippen LogP contribution in [0.25, 0.3) is 0 Å². The van der Waals surface area contributed by atoms with E-state index in [2.05, 4.69) is 17.6 Å². The number of ether oxygens (including phenoxy) is 1. The van der Waals surface area contributed by atoms with Crippen LogP contribution in [-0.4, -0.2) is 48.9 Å². The van der Waals surface area contributed by atoms with Crippen molar-refractivity contribution in [3.05, 3.63) is 45.3 Å². The quantitative estimate of drug-likeness (QED) is 0.535. The van der Waals surface area contributed by atoms with Crippen molar-refractivity contribution in [1.29, 1.82) is 0 Å². The van der Waals surface area contributed by atoms with Crippen LogP contribution in [0.15, 0.2) is 18.2 Å². The molecule has 1 aromatic heterocycles. The summed E-state index contributed by atoms with van der Waals surface area (Å²) in [6.45, 7) is 9.98. The van der Waals surface area contributed by atoms with Crippen molar-refractivity contribution < 1.29 is 19.1 Å². The third-order valence-electron chi connectivity index (χ3n) is 6.33. The summed E-state index contributed by atoms with van der Waals surface area (Å²) in [6.07, 6.45) is 2.72. The number of benzene rings is 1. The van der Waals surface area contributed by atoms with Crippen molar-refractivity contribution in [2.75, 3.05) is 30.8 Å². The number of esters is 1. The average Bonchev–Trinajstić information content (AvgIpc) is 3.12. The molecular weight excluding hydrogens is 450 g/mol. The van der Waals surface area contributed by atoms with Crippen LogP contribution in [0.2, 0.25) is 0 Å². The molecule has 1 heterocycles. The molecule has 2 amide bonds. The van der Waals surface area contributed by atoms with Gasteiger partial charge in [0.15, 0.2) is 0 Å². The van der Waals surface area contributed by atoms with Gasteiger partial charge in [-0.25, -0.2) is 4.79 Å². The lowest BCUT2D eigenvalue weighted by Crippen LogP contribution is -2.43. The number of thiophene rings is 1. The number of carbonyl (C=O) groups is 3. The van der Waals surface area contributed by atoms with Gasteiger partial charge in [0, 0.05) is 10.6 Å². The molecule has 0 saturated heterocycles. The zero-order valence-electron chi connectivity index (χ0n) is 20.9. The van der Waals surface area contributed by atoms with Crippen molar-refractivity contribution >= 4 is 39.8 Å². The molecule has 2 N–H and O–H groups in total. The van der Waals surface area contributed by atoms with Gasteiger partial charge >= 0.3 is 5.97 Å². The van der Waals surface area contributed by atoms with Gasteiger partial charge in [0.1, 0.15) is 5.00 Å². The Morgan fingerprint density at radius 1 is 1.24 bits per heavy atom. The lowest BCUT2D eigenvalue weighted by Gasteiger charge is -2.23. The number of fused-ring (bicyclic) bond motifs is 1. The van der Waals surface area contributed by atoms with Gasteiger partial charge in [-0.3, -0.25) is 14.5 Å². The van der Waals surface area contributed by atoms with Gasteiger partial charge in [0.05, 0.1) is 24.8 Å². The van der Waals surface area contributed by atoms with Crippen molar-refractivity contribution in [3.8, 4) is 0 Å². The van der Waals surface area contributed by atoms with E-state index in [9.17, 15) is 14.4 Å². The molecule has 34 heavy (non-hydrogen) atoms. The number of carbonyl (C=O) groups excluding carboxylic acids is 3. The van der Waals surface area contributed by atoms with Crippen molar-refractivity contribution in [1.82, 2.24) is 4.90 Å². The number of likely N-dealkylation sites (N-methyl/N-ethyl adjacent to an activating group) is 1. The van der Waals surface area contributed by atoms with Crippen molar-refractivity contribution in [3.63, 3.8) is 0 Å². The Morgan fingerprint density at radius 2 is 1.97 bits per heavy atom. The normalized spacial score (nSPS) is 16.0. The standard InChI is InChI=1S/C26H35N3O4S/c1-7-33-26(32)23-19-11-9-16(3)13-21(19)34-25(23)28-24(31)18(5)29(6)14-22(30)27-20-12-15(2)8-10-17(20)4/h8,10,12,16,18H,7,9,11,13-14H2,1-6H3,(H,27,30)(H,28,31)/t16-,18-/m1/s1. The number of nitrogens with one attached hydrogen (secondary N) is 2. The molecule has 0 fully saturated rings. The third kappa shape index (κ3) is 6.04. The van der Waals surface area contributed by atoms with Gasteiger partial charge < -0.3 is 15.4 Å². The summed E-state index contributed by atoms with van der Waals surface area (Å²) in [5, 5.41) is 6.42. The minimum absolute atomic E-state index is 0.0607. The molecule has 2 atom stereocenters. The summed E-state index contributed by atoms with van der Waals surface area (Å²) in [5.41, 5.74) is 4.31. The van der Waals surface area contributed by atoms with E-state index in [1.165, 1.54) is 11.3 Å². The van der Waals surface area contributed by atoms with Gasteiger partial charge in [-0.05, 0) is 82.7 Å². The summed E-state index contributed by atoms with van der Waals surface area (Å²) in [5.74, 6) is -0.299. The Labute approximate surface area is 205 Å². The fraction of sp³-hybridized carbons (Fsp3) is 0.500. The van der Waals surface area contributed by atoms with E-state index in [4.69, 9.17) is 4.74 Å². The first-order chi connectivity index (χ1) is 16.1. The van der Waals surface area contributed by atoms with E-state index < -0.39 is 12.0 Å². The number of rotatable bonds is 8. The Hall–Kier alpha value is -2.71. The predicted octanol–water partition coefficient (Wildman–Crippen LogP) is 4.56. The second kappa shape index (κ2) is 11.1. The minimum atomic E-state index is -0.572. The van der Waals surface area contributed by atoms with Crippen LogP contribution in [0, 0.1) is 19.8 Å². The first kappa shape index (κ1) is 25.9. The topological polar surface area (TPSA) is 87.7 Å². The molecule has 3 rings (SSSR count). The van der Waals surface area contributed by atoms with Gasteiger partial charge in [-0.2, -0.15) is 0 Å². The second-order valence-corrected chi connectivity index (χ2v) is 10.3. The van der Waals surface area contributed by atoms with Gasteiger partial charge in [0.2, 0.25) is 11.8 Å². The monoisotopic (exact) mass is 485 g/mol. The molecule has 0 bridgehead atoms. The van der Waals surface area contributed by atoms with E-state index in [1.807, 2.05) is 32.0 Å². The number of nitrogens with zero attached hydrogens (tertiary/aromatic N) is 1. The fourth-order valence-corrected chi connectivity index (χ4v) is 5.50. The van der Waals surface area contributed by atoms with E-state index in [0.717, 1.165) is 46.5 Å². The van der Waals surface area contributed by atoms with E-state index in [0.29, 0.717) is 16.5 Å². The molecule has 0 spiro atoms. The maximum absolute atomic E-state index is 13.1. The smallest absolute Gasteiger partial charge is 0.341 e. The summed E-state index contributed by atoms with van der Waals surface area (Å²) in [6, 6.07) is 5.32. The van der Waals surface area contributed by atoms with E-state index in [1.54, 1.807) is 25.8 Å². The van der Waals surface area contributed by atoms with Gasteiger partial charge in [-0.1, -0.05) is 19.1 Å². The Morgan fingerprint density at radius 3 is 2.68 bits per heavy atom. The molecule has 8 heteroatoms. The molecule has 1 aromatic carbocycles. The molecule has 1 aliphatic rings. The Balaban J connectivity index is 1.69. The van der Waals surface area contributed by atoms with Crippen LogP contribution in [0.4, 0.5) is 10.7 Å². The zero-order chi connectivity index (χ0) is 25.0. The molecular formula is C26H35N3O4S. The van der Waals surface area contributed by atoms with Gasteiger partial charge in [0.25, 0.3) is 0 Å². The average molecular weight is 486 g/mol. The minimum Gasteiger partial charge on any atom is -0.462 e. The van der Waals surface area contributed by atoms with E-state index >= 15 is 0 Å². The van der Waals surface area contributed by atoms with Crippen molar-refractivity contribution in [2.24, 2.45) is 5.92 Å². The maximum Gasteiger partial charge on any atom is 0.341 e. The highest BCUT2D eigenvalue weighted by molar-refractivity contribution is 7.17. The summed E-state index contributed by atoms with van der Waals surface area (Å²) < 4.78 is 5.29. The lowest BCUT2D eigenvalue weighted by atomic mass is 9.88. The van der Waals surface area contributed by atoms with Gasteiger partial charge in [-0.15, -0.1) is 11.3 Å². The third-order valence-corrected chi connectivity index (χ3v) is 7.50. The summed E-state index contributed by atoms with van der Waals surface area (Å²) >= 11 is 1.47. The first-order valence-electron chi connectivity index (χ1n) is 11.8.